The summed E-state index contributed by atoms with van der Waals surface area (Å²) in [5.74, 6) is 0. The minimum Gasteiger partial charge on any atom is -0.388 e. The minimum atomic E-state index is -0.388. The zero-order valence-electron chi connectivity index (χ0n) is 9.80. The summed E-state index contributed by atoms with van der Waals surface area (Å²) in [6.45, 7) is 1.10. The van der Waals surface area contributed by atoms with Gasteiger partial charge in [-0.25, -0.2) is 0 Å². The second kappa shape index (κ2) is 5.31. The van der Waals surface area contributed by atoms with Crippen molar-refractivity contribution in [3.8, 4) is 0 Å². The van der Waals surface area contributed by atoms with Crippen LogP contribution < -0.4 is 5.32 Å². The van der Waals surface area contributed by atoms with Crippen LogP contribution in [0.2, 0.25) is 0 Å². The molecule has 0 amide bonds. The molecule has 1 unspecified atom stereocenters. The van der Waals surface area contributed by atoms with Crippen molar-refractivity contribution in [2.75, 3.05) is 6.54 Å². The fraction of sp³-hybridized carbons (Fsp3) is 1.00. The summed E-state index contributed by atoms with van der Waals surface area (Å²) in [6, 6.07) is 0.373. The summed E-state index contributed by atoms with van der Waals surface area (Å²) in [4.78, 5) is 0. The first-order chi connectivity index (χ1) is 7.31. The van der Waals surface area contributed by atoms with Crippen molar-refractivity contribution in [1.82, 2.24) is 5.32 Å². The van der Waals surface area contributed by atoms with Crippen LogP contribution in [-0.2, 0) is 0 Å². The van der Waals surface area contributed by atoms with Crippen molar-refractivity contribution in [3.63, 3.8) is 0 Å². The third-order valence-electron chi connectivity index (χ3n) is 4.18. The molecule has 88 valence electrons. The molecule has 1 aliphatic carbocycles. The maximum absolute atomic E-state index is 10.7. The van der Waals surface area contributed by atoms with Crippen LogP contribution in [-0.4, -0.2) is 23.3 Å². The van der Waals surface area contributed by atoms with Crippen LogP contribution >= 0.6 is 0 Å². The highest BCUT2D eigenvalue weighted by molar-refractivity contribution is 4.93. The molecule has 0 bridgehead atoms. The van der Waals surface area contributed by atoms with Gasteiger partial charge in [0.25, 0.3) is 0 Å². The number of nitrogens with one attached hydrogen (secondary N) is 1. The molecule has 2 fully saturated rings. The van der Waals surface area contributed by atoms with Crippen LogP contribution in [0.5, 0.6) is 0 Å². The second-order valence-corrected chi connectivity index (χ2v) is 5.37. The third-order valence-corrected chi connectivity index (χ3v) is 4.18. The zero-order valence-corrected chi connectivity index (χ0v) is 9.80. The smallest absolute Gasteiger partial charge is 0.0800 e. The normalized spacial score (nSPS) is 33.0. The Labute approximate surface area is 93.5 Å². The Bertz CT molecular complexity index is 177. The van der Waals surface area contributed by atoms with E-state index in [-0.39, 0.29) is 5.60 Å². The van der Waals surface area contributed by atoms with Gasteiger partial charge in [0.05, 0.1) is 5.60 Å². The Kier molecular flexibility index (Phi) is 4.04. The lowest BCUT2D eigenvalue weighted by Gasteiger charge is -2.35. The van der Waals surface area contributed by atoms with Gasteiger partial charge in [0, 0.05) is 6.04 Å². The average molecular weight is 211 g/mol. The van der Waals surface area contributed by atoms with Crippen LogP contribution in [0.15, 0.2) is 0 Å². The molecule has 1 heterocycles. The Morgan fingerprint density at radius 1 is 0.867 bits per heavy atom. The highest BCUT2D eigenvalue weighted by atomic mass is 16.3. The lowest BCUT2D eigenvalue weighted by molar-refractivity contribution is -0.0136. The molecular weight excluding hydrogens is 186 g/mol. The maximum Gasteiger partial charge on any atom is 0.0800 e. The fourth-order valence-electron chi connectivity index (χ4n) is 3.18. The van der Waals surface area contributed by atoms with Crippen molar-refractivity contribution >= 4 is 0 Å². The van der Waals surface area contributed by atoms with Gasteiger partial charge < -0.3 is 10.4 Å². The predicted octanol–water partition coefficient (Wildman–Crippen LogP) is 2.60. The summed E-state index contributed by atoms with van der Waals surface area (Å²) < 4.78 is 0. The molecule has 2 nitrogen and oxygen atoms in total. The molecule has 1 saturated carbocycles. The molecule has 0 radical (unpaired) electrons. The Morgan fingerprint density at radius 2 is 1.53 bits per heavy atom. The van der Waals surface area contributed by atoms with Crippen molar-refractivity contribution in [2.24, 2.45) is 0 Å². The van der Waals surface area contributed by atoms with Gasteiger partial charge in [-0.2, -0.15) is 0 Å². The second-order valence-electron chi connectivity index (χ2n) is 5.37. The van der Waals surface area contributed by atoms with Gasteiger partial charge in [-0.3, -0.25) is 0 Å². The Morgan fingerprint density at radius 3 is 2.27 bits per heavy atom. The van der Waals surface area contributed by atoms with Crippen LogP contribution in [0.25, 0.3) is 0 Å². The first-order valence-corrected chi connectivity index (χ1v) is 6.77. The SMILES string of the molecule is OC1(C2CCCCCN2)CCCCCC1. The molecule has 2 N–H and O–H groups in total. The van der Waals surface area contributed by atoms with Gasteiger partial charge in [0.15, 0.2) is 0 Å². The van der Waals surface area contributed by atoms with Gasteiger partial charge in [-0.05, 0) is 32.2 Å². The number of hydrogen-bond donors (Lipinski definition) is 2. The van der Waals surface area contributed by atoms with E-state index in [2.05, 4.69) is 5.32 Å². The Hall–Kier alpha value is -0.0800. The number of aliphatic hydroxyl groups is 1. The summed E-state index contributed by atoms with van der Waals surface area (Å²) in [7, 11) is 0. The summed E-state index contributed by atoms with van der Waals surface area (Å²) in [6.07, 6.45) is 12.2. The molecule has 0 aromatic heterocycles. The highest BCUT2D eigenvalue weighted by Gasteiger charge is 2.36. The van der Waals surface area contributed by atoms with E-state index in [1.54, 1.807) is 0 Å². The zero-order chi connectivity index (χ0) is 10.6. The van der Waals surface area contributed by atoms with Crippen molar-refractivity contribution in [2.45, 2.75) is 75.9 Å². The summed E-state index contributed by atoms with van der Waals surface area (Å²) in [5.41, 5.74) is -0.388. The van der Waals surface area contributed by atoms with E-state index in [0.717, 1.165) is 19.4 Å². The molecule has 1 atom stereocenters. The summed E-state index contributed by atoms with van der Waals surface area (Å²) >= 11 is 0. The maximum atomic E-state index is 10.7. The molecule has 2 aliphatic rings. The monoisotopic (exact) mass is 211 g/mol. The van der Waals surface area contributed by atoms with E-state index >= 15 is 0 Å². The topological polar surface area (TPSA) is 32.3 Å². The van der Waals surface area contributed by atoms with E-state index in [0.29, 0.717) is 6.04 Å². The first kappa shape index (κ1) is 11.4. The van der Waals surface area contributed by atoms with Crippen LogP contribution in [0.1, 0.15) is 64.2 Å². The van der Waals surface area contributed by atoms with E-state index < -0.39 is 0 Å². The van der Waals surface area contributed by atoms with E-state index in [1.165, 1.54) is 51.4 Å². The van der Waals surface area contributed by atoms with Crippen LogP contribution in [0, 0.1) is 0 Å². The molecule has 0 aromatic rings. The van der Waals surface area contributed by atoms with Gasteiger partial charge >= 0.3 is 0 Å². The molecule has 1 saturated heterocycles. The average Bonchev–Trinajstić information content (AvgIpc) is 2.60. The first-order valence-electron chi connectivity index (χ1n) is 6.77. The van der Waals surface area contributed by atoms with Gasteiger partial charge in [-0.1, -0.05) is 38.5 Å². The van der Waals surface area contributed by atoms with Gasteiger partial charge in [-0.15, -0.1) is 0 Å². The van der Waals surface area contributed by atoms with E-state index in [1.807, 2.05) is 0 Å². The summed E-state index contributed by atoms with van der Waals surface area (Å²) in [5, 5.41) is 14.3. The highest BCUT2D eigenvalue weighted by Crippen LogP contribution is 2.32. The van der Waals surface area contributed by atoms with Gasteiger partial charge in [0.2, 0.25) is 0 Å². The minimum absolute atomic E-state index is 0.373. The van der Waals surface area contributed by atoms with E-state index in [9.17, 15) is 5.11 Å². The Balaban J connectivity index is 1.97. The molecule has 15 heavy (non-hydrogen) atoms. The molecule has 0 spiro atoms. The molecular formula is C13H25NO. The molecule has 0 aromatic carbocycles. The quantitative estimate of drug-likeness (QED) is 0.653. The third kappa shape index (κ3) is 2.94. The lowest BCUT2D eigenvalue weighted by Crippen LogP contribution is -2.50. The molecule has 2 heteroatoms. The largest absolute Gasteiger partial charge is 0.388 e. The van der Waals surface area contributed by atoms with Crippen molar-refractivity contribution in [1.29, 1.82) is 0 Å². The standard InChI is InChI=1S/C13H25NO/c15-13(9-5-1-2-6-10-13)12-8-4-3-7-11-14-12/h12,14-15H,1-11H2. The fourth-order valence-corrected chi connectivity index (χ4v) is 3.18. The molecule has 1 aliphatic heterocycles. The van der Waals surface area contributed by atoms with Crippen LogP contribution in [0.4, 0.5) is 0 Å². The lowest BCUT2D eigenvalue weighted by atomic mass is 9.84. The van der Waals surface area contributed by atoms with Crippen molar-refractivity contribution < 1.29 is 5.11 Å². The molecule has 2 rings (SSSR count). The number of hydrogen-bond acceptors (Lipinski definition) is 2. The predicted molar refractivity (Wildman–Crippen MR) is 62.9 cm³/mol. The van der Waals surface area contributed by atoms with Crippen LogP contribution in [0.3, 0.4) is 0 Å². The van der Waals surface area contributed by atoms with Crippen molar-refractivity contribution in [3.05, 3.63) is 0 Å². The van der Waals surface area contributed by atoms with Gasteiger partial charge in [0.1, 0.15) is 0 Å². The number of rotatable bonds is 1. The van der Waals surface area contributed by atoms with E-state index in [4.69, 9.17) is 0 Å².